The van der Waals surface area contributed by atoms with Crippen LogP contribution in [0.2, 0.25) is 0 Å². The highest BCUT2D eigenvalue weighted by Gasteiger charge is 2.41. The number of fused-ring (bicyclic) bond motifs is 1. The van der Waals surface area contributed by atoms with Crippen LogP contribution < -0.4 is 0 Å². The summed E-state index contributed by atoms with van der Waals surface area (Å²) in [6.07, 6.45) is 0. The van der Waals surface area contributed by atoms with E-state index in [0.29, 0.717) is 6.54 Å². The third kappa shape index (κ3) is 3.75. The number of likely N-dealkylation sites (N-methyl/N-ethyl adjacent to an activating group) is 1. The molecular weight excluding hydrogens is 368 g/mol. The van der Waals surface area contributed by atoms with E-state index in [1.165, 1.54) is 35.3 Å². The van der Waals surface area contributed by atoms with Crippen molar-refractivity contribution in [1.82, 2.24) is 9.80 Å². The number of ether oxygens (including phenoxy) is 1. The van der Waals surface area contributed by atoms with E-state index in [-0.39, 0.29) is 17.0 Å². The van der Waals surface area contributed by atoms with Gasteiger partial charge in [-0.25, -0.2) is 4.79 Å². The maximum atomic E-state index is 12.4. The van der Waals surface area contributed by atoms with Crippen LogP contribution >= 0.6 is 11.3 Å². The van der Waals surface area contributed by atoms with Gasteiger partial charge in [-0.15, -0.1) is 0 Å². The minimum absolute atomic E-state index is 0.258. The van der Waals surface area contributed by atoms with Crippen LogP contribution in [-0.4, -0.2) is 53.2 Å². The molecule has 2 heterocycles. The van der Waals surface area contributed by atoms with E-state index < -0.39 is 30.4 Å². The highest BCUT2D eigenvalue weighted by Crippen LogP contribution is 2.24. The molecule has 3 rings (SSSR count). The standard InChI is InChI=1S/C19H18N2O5S/c1-12(21-17(23)14-5-3-4-6-15(14)18(21)24)19(25)26-10-16(22)20(2)9-13-7-8-27-11-13/h3-8,11-12H,9-10H2,1-2H3/t12-/m0/s1. The van der Waals surface area contributed by atoms with Crippen molar-refractivity contribution < 1.29 is 23.9 Å². The minimum atomic E-state index is -1.12. The lowest BCUT2D eigenvalue weighted by molar-refractivity contribution is -0.154. The van der Waals surface area contributed by atoms with Crippen LogP contribution in [0.15, 0.2) is 41.1 Å². The molecule has 2 aromatic rings. The summed E-state index contributed by atoms with van der Waals surface area (Å²) in [6.45, 7) is 1.37. The number of benzene rings is 1. The number of rotatable bonds is 6. The molecule has 1 aromatic heterocycles. The summed E-state index contributed by atoms with van der Waals surface area (Å²) >= 11 is 1.53. The molecule has 0 fully saturated rings. The Hall–Kier alpha value is -3.00. The van der Waals surface area contributed by atoms with Gasteiger partial charge in [-0.1, -0.05) is 12.1 Å². The Morgan fingerprint density at radius 3 is 2.33 bits per heavy atom. The summed E-state index contributed by atoms with van der Waals surface area (Å²) in [6, 6.07) is 7.17. The Kier molecular flexibility index (Phi) is 5.36. The first kappa shape index (κ1) is 18.8. The third-order valence-electron chi connectivity index (χ3n) is 4.32. The molecule has 0 spiro atoms. The van der Waals surface area contributed by atoms with E-state index in [1.54, 1.807) is 19.2 Å². The van der Waals surface area contributed by atoms with Gasteiger partial charge >= 0.3 is 5.97 Å². The largest absolute Gasteiger partial charge is 0.454 e. The second kappa shape index (κ2) is 7.71. The molecule has 8 heteroatoms. The summed E-state index contributed by atoms with van der Waals surface area (Å²) < 4.78 is 5.04. The number of esters is 1. The first-order valence-electron chi connectivity index (χ1n) is 8.28. The highest BCUT2D eigenvalue weighted by molar-refractivity contribution is 7.07. The van der Waals surface area contributed by atoms with Crippen LogP contribution in [0.4, 0.5) is 0 Å². The predicted octanol–water partition coefficient (Wildman–Crippen LogP) is 1.93. The molecule has 0 saturated carbocycles. The second-order valence-electron chi connectivity index (χ2n) is 6.19. The molecule has 27 heavy (non-hydrogen) atoms. The van der Waals surface area contributed by atoms with Gasteiger partial charge in [-0.2, -0.15) is 11.3 Å². The molecule has 0 unspecified atom stereocenters. The lowest BCUT2D eigenvalue weighted by Gasteiger charge is -2.22. The number of imide groups is 1. The minimum Gasteiger partial charge on any atom is -0.454 e. The molecule has 7 nitrogen and oxygen atoms in total. The van der Waals surface area contributed by atoms with Crippen molar-refractivity contribution in [1.29, 1.82) is 0 Å². The van der Waals surface area contributed by atoms with Crippen molar-refractivity contribution in [3.63, 3.8) is 0 Å². The molecule has 1 aliphatic heterocycles. The maximum Gasteiger partial charge on any atom is 0.329 e. The summed E-state index contributed by atoms with van der Waals surface area (Å²) in [5, 5.41) is 3.84. The molecule has 140 valence electrons. The van der Waals surface area contributed by atoms with E-state index in [2.05, 4.69) is 0 Å². The number of nitrogens with zero attached hydrogens (tertiary/aromatic N) is 2. The second-order valence-corrected chi connectivity index (χ2v) is 6.97. The van der Waals surface area contributed by atoms with Gasteiger partial charge in [-0.05, 0) is 41.4 Å². The van der Waals surface area contributed by atoms with Gasteiger partial charge in [0.2, 0.25) is 0 Å². The highest BCUT2D eigenvalue weighted by atomic mass is 32.1. The van der Waals surface area contributed by atoms with Gasteiger partial charge in [0.15, 0.2) is 6.61 Å². The molecular formula is C19H18N2O5S. The van der Waals surface area contributed by atoms with Crippen LogP contribution in [0.3, 0.4) is 0 Å². The van der Waals surface area contributed by atoms with Crippen molar-refractivity contribution in [3.05, 3.63) is 57.8 Å². The Morgan fingerprint density at radius 1 is 1.15 bits per heavy atom. The van der Waals surface area contributed by atoms with Crippen LogP contribution in [0.5, 0.6) is 0 Å². The first-order valence-corrected chi connectivity index (χ1v) is 9.23. The van der Waals surface area contributed by atoms with E-state index in [0.717, 1.165) is 10.5 Å². The zero-order valence-electron chi connectivity index (χ0n) is 14.9. The number of hydrogen-bond acceptors (Lipinski definition) is 6. The average Bonchev–Trinajstić information content (AvgIpc) is 3.26. The van der Waals surface area contributed by atoms with Gasteiger partial charge in [0.05, 0.1) is 11.1 Å². The quantitative estimate of drug-likeness (QED) is 0.560. The van der Waals surface area contributed by atoms with Crippen LogP contribution in [0.25, 0.3) is 0 Å². The fraction of sp³-hybridized carbons (Fsp3) is 0.263. The van der Waals surface area contributed by atoms with Crippen LogP contribution in [0.1, 0.15) is 33.2 Å². The number of carbonyl (C=O) groups excluding carboxylic acids is 4. The predicted molar refractivity (Wildman–Crippen MR) is 98.2 cm³/mol. The fourth-order valence-corrected chi connectivity index (χ4v) is 3.43. The van der Waals surface area contributed by atoms with Crippen molar-refractivity contribution >= 4 is 35.0 Å². The zero-order chi connectivity index (χ0) is 19.6. The smallest absolute Gasteiger partial charge is 0.329 e. The molecule has 1 atom stereocenters. The molecule has 0 radical (unpaired) electrons. The number of hydrogen-bond donors (Lipinski definition) is 0. The maximum absolute atomic E-state index is 12.4. The van der Waals surface area contributed by atoms with Crippen molar-refractivity contribution in [2.75, 3.05) is 13.7 Å². The van der Waals surface area contributed by atoms with E-state index in [9.17, 15) is 19.2 Å². The summed E-state index contributed by atoms with van der Waals surface area (Å²) in [5.74, 6) is -2.26. The van der Waals surface area contributed by atoms with Crippen molar-refractivity contribution in [3.8, 4) is 0 Å². The Morgan fingerprint density at radius 2 is 1.78 bits per heavy atom. The van der Waals surface area contributed by atoms with E-state index in [4.69, 9.17) is 4.74 Å². The molecule has 1 aliphatic rings. The Bertz CT molecular complexity index is 858. The van der Waals surface area contributed by atoms with Gasteiger partial charge in [0.1, 0.15) is 6.04 Å². The molecule has 3 amide bonds. The topological polar surface area (TPSA) is 84.0 Å². The summed E-state index contributed by atoms with van der Waals surface area (Å²) in [7, 11) is 1.61. The van der Waals surface area contributed by atoms with Gasteiger partial charge in [0.25, 0.3) is 17.7 Å². The third-order valence-corrected chi connectivity index (χ3v) is 5.05. The summed E-state index contributed by atoms with van der Waals surface area (Å²) in [4.78, 5) is 51.5. The zero-order valence-corrected chi connectivity index (χ0v) is 15.7. The van der Waals surface area contributed by atoms with Crippen LogP contribution in [-0.2, 0) is 20.9 Å². The lowest BCUT2D eigenvalue weighted by atomic mass is 10.1. The van der Waals surface area contributed by atoms with Crippen LogP contribution in [0, 0.1) is 0 Å². The van der Waals surface area contributed by atoms with Gasteiger partial charge < -0.3 is 9.64 Å². The molecule has 0 aliphatic carbocycles. The van der Waals surface area contributed by atoms with E-state index in [1.807, 2.05) is 16.8 Å². The average molecular weight is 386 g/mol. The molecule has 1 aromatic carbocycles. The molecule has 0 saturated heterocycles. The van der Waals surface area contributed by atoms with Gasteiger partial charge in [0, 0.05) is 13.6 Å². The fourth-order valence-electron chi connectivity index (χ4n) is 2.77. The summed E-state index contributed by atoms with van der Waals surface area (Å²) in [5.41, 5.74) is 1.50. The van der Waals surface area contributed by atoms with Crippen molar-refractivity contribution in [2.45, 2.75) is 19.5 Å². The monoisotopic (exact) mass is 386 g/mol. The first-order chi connectivity index (χ1) is 12.9. The number of amides is 3. The Balaban J connectivity index is 1.57. The van der Waals surface area contributed by atoms with Crippen molar-refractivity contribution in [2.24, 2.45) is 0 Å². The Labute approximate surface area is 160 Å². The SMILES string of the molecule is C[C@@H](C(=O)OCC(=O)N(C)Cc1ccsc1)N1C(=O)c2ccccc2C1=O. The normalized spacial score (nSPS) is 14.1. The molecule has 0 N–H and O–H groups in total. The number of carbonyl (C=O) groups is 4. The van der Waals surface area contributed by atoms with E-state index >= 15 is 0 Å². The molecule has 0 bridgehead atoms. The number of thiophene rings is 1. The van der Waals surface area contributed by atoms with Gasteiger partial charge in [-0.3, -0.25) is 19.3 Å². The lowest BCUT2D eigenvalue weighted by Crippen LogP contribution is -2.44.